The van der Waals surface area contributed by atoms with Crippen LogP contribution in [0.1, 0.15) is 18.9 Å². The lowest BCUT2D eigenvalue weighted by Crippen LogP contribution is -2.33. The van der Waals surface area contributed by atoms with Gasteiger partial charge in [0.25, 0.3) is 0 Å². The Morgan fingerprint density at radius 1 is 1.19 bits per heavy atom. The van der Waals surface area contributed by atoms with Crippen LogP contribution in [0.5, 0.6) is 0 Å². The van der Waals surface area contributed by atoms with Gasteiger partial charge < -0.3 is 4.90 Å². The van der Waals surface area contributed by atoms with E-state index in [9.17, 15) is 8.42 Å². The van der Waals surface area contributed by atoms with E-state index in [1.54, 1.807) is 12.1 Å². The van der Waals surface area contributed by atoms with Crippen molar-refractivity contribution in [3.05, 3.63) is 28.8 Å². The van der Waals surface area contributed by atoms with Crippen molar-refractivity contribution in [2.75, 3.05) is 33.7 Å². The van der Waals surface area contributed by atoms with Gasteiger partial charge in [0, 0.05) is 24.0 Å². The number of benzene rings is 1. The molecule has 120 valence electrons. The third-order valence-electron chi connectivity index (χ3n) is 3.16. The smallest absolute Gasteiger partial charge is 0.243 e. The summed E-state index contributed by atoms with van der Waals surface area (Å²) in [6.07, 6.45) is 0.788. The molecular formula is C14H22Cl2N2O2S. The zero-order valence-corrected chi connectivity index (χ0v) is 15.0. The minimum absolute atomic E-state index is 0.189. The fraction of sp³-hybridized carbons (Fsp3) is 0.571. The zero-order valence-electron chi connectivity index (χ0n) is 12.6. The SMILES string of the molecule is CCN(CCCN(C)C)S(=O)(=O)c1ccc(Cl)c(CCl)c1. The number of nitrogens with zero attached hydrogens (tertiary/aromatic N) is 2. The van der Waals surface area contributed by atoms with Gasteiger partial charge >= 0.3 is 0 Å². The Morgan fingerprint density at radius 3 is 2.38 bits per heavy atom. The van der Waals surface area contributed by atoms with E-state index in [-0.39, 0.29) is 10.8 Å². The zero-order chi connectivity index (χ0) is 16.0. The third-order valence-corrected chi connectivity index (χ3v) is 5.79. The van der Waals surface area contributed by atoms with Gasteiger partial charge in [-0.15, -0.1) is 11.6 Å². The van der Waals surface area contributed by atoms with E-state index in [0.29, 0.717) is 23.7 Å². The van der Waals surface area contributed by atoms with E-state index in [1.807, 2.05) is 25.9 Å². The van der Waals surface area contributed by atoms with Gasteiger partial charge in [-0.05, 0) is 50.8 Å². The molecule has 0 bridgehead atoms. The molecule has 0 radical (unpaired) electrons. The summed E-state index contributed by atoms with van der Waals surface area (Å²) in [4.78, 5) is 2.28. The van der Waals surface area contributed by atoms with E-state index >= 15 is 0 Å². The highest BCUT2D eigenvalue weighted by atomic mass is 35.5. The molecule has 0 saturated carbocycles. The summed E-state index contributed by atoms with van der Waals surface area (Å²) in [7, 11) is 0.437. The molecule has 0 aliphatic rings. The molecule has 0 aliphatic carbocycles. The standard InChI is InChI=1S/C14H22Cl2N2O2S/c1-4-18(9-5-8-17(2)3)21(19,20)13-6-7-14(16)12(10-13)11-15/h6-7,10H,4-5,8-9,11H2,1-3H3. The summed E-state index contributed by atoms with van der Waals surface area (Å²) >= 11 is 11.8. The molecule has 0 unspecified atom stereocenters. The van der Waals surface area contributed by atoms with E-state index in [0.717, 1.165) is 13.0 Å². The van der Waals surface area contributed by atoms with E-state index in [1.165, 1.54) is 10.4 Å². The van der Waals surface area contributed by atoms with Gasteiger partial charge in [-0.25, -0.2) is 8.42 Å². The molecule has 1 aromatic rings. The van der Waals surface area contributed by atoms with Crippen LogP contribution in [-0.4, -0.2) is 51.4 Å². The second kappa shape index (κ2) is 8.34. The van der Waals surface area contributed by atoms with Gasteiger partial charge in [-0.3, -0.25) is 0 Å². The maximum Gasteiger partial charge on any atom is 0.243 e. The second-order valence-corrected chi connectivity index (χ2v) is 7.65. The lowest BCUT2D eigenvalue weighted by molar-refractivity contribution is 0.356. The summed E-state index contributed by atoms with van der Waals surface area (Å²) in [6, 6.07) is 4.67. The maximum absolute atomic E-state index is 12.6. The summed E-state index contributed by atoms with van der Waals surface area (Å²) < 4.78 is 26.8. The fourth-order valence-electron chi connectivity index (χ4n) is 1.97. The maximum atomic E-state index is 12.6. The molecule has 0 atom stereocenters. The number of hydrogen-bond donors (Lipinski definition) is 0. The average Bonchev–Trinajstić information content (AvgIpc) is 2.43. The molecule has 7 heteroatoms. The Kier molecular flexibility index (Phi) is 7.44. The molecule has 0 spiro atoms. The van der Waals surface area contributed by atoms with Gasteiger partial charge in [-0.1, -0.05) is 18.5 Å². The molecule has 1 rings (SSSR count). The molecular weight excluding hydrogens is 331 g/mol. The first kappa shape index (κ1) is 18.7. The molecule has 0 amide bonds. The predicted octanol–water partition coefficient (Wildman–Crippen LogP) is 3.04. The highest BCUT2D eigenvalue weighted by molar-refractivity contribution is 7.89. The minimum Gasteiger partial charge on any atom is -0.309 e. The first-order chi connectivity index (χ1) is 9.82. The van der Waals surface area contributed by atoms with Crippen molar-refractivity contribution in [3.8, 4) is 0 Å². The highest BCUT2D eigenvalue weighted by Gasteiger charge is 2.23. The second-order valence-electron chi connectivity index (χ2n) is 5.04. The fourth-order valence-corrected chi connectivity index (χ4v) is 3.99. The van der Waals surface area contributed by atoms with Crippen LogP contribution in [0.25, 0.3) is 0 Å². The lowest BCUT2D eigenvalue weighted by atomic mass is 10.2. The number of halogens is 2. The molecule has 0 aromatic heterocycles. The lowest BCUT2D eigenvalue weighted by Gasteiger charge is -2.21. The van der Waals surface area contributed by atoms with Crippen LogP contribution >= 0.6 is 23.2 Å². The van der Waals surface area contributed by atoms with Gasteiger partial charge in [0.2, 0.25) is 10.0 Å². The molecule has 0 N–H and O–H groups in total. The van der Waals surface area contributed by atoms with Crippen LogP contribution < -0.4 is 0 Å². The van der Waals surface area contributed by atoms with Crippen LogP contribution in [0.15, 0.2) is 23.1 Å². The average molecular weight is 353 g/mol. The van der Waals surface area contributed by atoms with Crippen LogP contribution in [0, 0.1) is 0 Å². The molecule has 0 fully saturated rings. The van der Waals surface area contributed by atoms with E-state index in [2.05, 4.69) is 0 Å². The summed E-state index contributed by atoms with van der Waals surface area (Å²) in [5, 5.41) is 0.486. The van der Waals surface area contributed by atoms with Crippen LogP contribution in [0.4, 0.5) is 0 Å². The third kappa shape index (κ3) is 5.11. The number of rotatable bonds is 8. The molecule has 0 aliphatic heterocycles. The van der Waals surface area contributed by atoms with Crippen molar-refractivity contribution in [2.45, 2.75) is 24.1 Å². The Morgan fingerprint density at radius 2 is 1.86 bits per heavy atom. The Bertz CT molecular complexity index is 562. The van der Waals surface area contributed by atoms with Crippen LogP contribution in [0.3, 0.4) is 0 Å². The van der Waals surface area contributed by atoms with Crippen molar-refractivity contribution in [1.29, 1.82) is 0 Å². The topological polar surface area (TPSA) is 40.6 Å². The predicted molar refractivity (Wildman–Crippen MR) is 88.6 cm³/mol. The Balaban J connectivity index is 2.96. The van der Waals surface area contributed by atoms with Crippen molar-refractivity contribution in [1.82, 2.24) is 9.21 Å². The number of sulfonamides is 1. The molecule has 1 aromatic carbocycles. The Hall–Kier alpha value is -0.330. The van der Waals surface area contributed by atoms with Gasteiger partial charge in [0.15, 0.2) is 0 Å². The minimum atomic E-state index is -3.50. The number of hydrogen-bond acceptors (Lipinski definition) is 3. The quantitative estimate of drug-likeness (QED) is 0.675. The van der Waals surface area contributed by atoms with E-state index in [4.69, 9.17) is 23.2 Å². The number of alkyl halides is 1. The van der Waals surface area contributed by atoms with Gasteiger partial charge in [0.1, 0.15) is 0 Å². The van der Waals surface area contributed by atoms with Crippen LogP contribution in [0.2, 0.25) is 5.02 Å². The molecule has 4 nitrogen and oxygen atoms in total. The largest absolute Gasteiger partial charge is 0.309 e. The van der Waals surface area contributed by atoms with E-state index < -0.39 is 10.0 Å². The van der Waals surface area contributed by atoms with Crippen LogP contribution in [-0.2, 0) is 15.9 Å². The summed E-state index contributed by atoms with van der Waals surface area (Å²) in [5.74, 6) is 0.189. The molecule has 0 saturated heterocycles. The molecule has 0 heterocycles. The van der Waals surface area contributed by atoms with Crippen molar-refractivity contribution in [2.24, 2.45) is 0 Å². The first-order valence-electron chi connectivity index (χ1n) is 6.82. The van der Waals surface area contributed by atoms with Crippen molar-refractivity contribution >= 4 is 33.2 Å². The highest BCUT2D eigenvalue weighted by Crippen LogP contribution is 2.24. The molecule has 21 heavy (non-hydrogen) atoms. The van der Waals surface area contributed by atoms with Gasteiger partial charge in [-0.2, -0.15) is 4.31 Å². The normalized spacial score (nSPS) is 12.3. The monoisotopic (exact) mass is 352 g/mol. The summed E-state index contributed by atoms with van der Waals surface area (Å²) in [5.41, 5.74) is 0.628. The van der Waals surface area contributed by atoms with Gasteiger partial charge in [0.05, 0.1) is 4.90 Å². The first-order valence-corrected chi connectivity index (χ1v) is 9.17. The van der Waals surface area contributed by atoms with Crippen molar-refractivity contribution in [3.63, 3.8) is 0 Å². The summed E-state index contributed by atoms with van der Waals surface area (Å²) in [6.45, 7) is 3.62. The van der Waals surface area contributed by atoms with Crippen molar-refractivity contribution < 1.29 is 8.42 Å². The Labute approximate surface area is 137 Å².